The SMILES string of the molecule is COC(=O)NC(C(=O)NC(C)c1ncc(C2CCN(c3c(F)cc(-c4cnc(C5CCCN5C(=O)C(NC(=O)OC)c5ccccc5)[nH]4)cc3F)CC2)[nH]1)c1ccccc1. The third kappa shape index (κ3) is 9.09. The standard InChI is InChI=1S/C43H47F2N9O6/c1-25(48-40(55)35(51-42(57)59-2)27-11-6-4-7-12-27)38-46-23-32(49-38)26-16-19-53(20-17-26)37-30(44)21-29(22-31(37)45)33-24-47-39(50-33)34-15-10-18-54(34)41(56)36(52-43(58)60-3)28-13-8-5-9-14-28/h4-9,11-14,21-26,34-36H,10,15-20H2,1-3H3,(H,46,49)(H,47,50)(H,48,55)(H,51,57)(H,52,58). The van der Waals surface area contributed by atoms with E-state index in [1.807, 2.05) is 12.1 Å². The first-order valence-corrected chi connectivity index (χ1v) is 19.8. The van der Waals surface area contributed by atoms with E-state index in [1.54, 1.807) is 71.5 Å². The lowest BCUT2D eigenvalue weighted by Crippen LogP contribution is -2.42. The lowest BCUT2D eigenvalue weighted by atomic mass is 9.93. The summed E-state index contributed by atoms with van der Waals surface area (Å²) in [4.78, 5) is 70.2. The van der Waals surface area contributed by atoms with Gasteiger partial charge in [-0.1, -0.05) is 60.7 Å². The smallest absolute Gasteiger partial charge is 0.407 e. The first-order chi connectivity index (χ1) is 29.0. The Kier molecular flexibility index (Phi) is 12.7. The molecule has 3 aromatic carbocycles. The Labute approximate surface area is 345 Å². The van der Waals surface area contributed by atoms with E-state index in [0.29, 0.717) is 73.8 Å². The molecule has 4 amide bonds. The van der Waals surface area contributed by atoms with Gasteiger partial charge in [-0.25, -0.2) is 28.3 Å². The van der Waals surface area contributed by atoms with Crippen LogP contribution in [0.3, 0.4) is 0 Å². The van der Waals surface area contributed by atoms with E-state index in [1.165, 1.54) is 32.5 Å². The summed E-state index contributed by atoms with van der Waals surface area (Å²) < 4.78 is 41.1. The predicted octanol–water partition coefficient (Wildman–Crippen LogP) is 6.50. The zero-order chi connectivity index (χ0) is 42.3. The number of methoxy groups -OCH3 is 2. The van der Waals surface area contributed by atoms with Gasteiger partial charge in [0, 0.05) is 43.0 Å². The van der Waals surface area contributed by atoms with Gasteiger partial charge in [-0.15, -0.1) is 0 Å². The van der Waals surface area contributed by atoms with Gasteiger partial charge in [0.2, 0.25) is 5.91 Å². The van der Waals surface area contributed by atoms with E-state index in [9.17, 15) is 19.2 Å². The van der Waals surface area contributed by atoms with E-state index in [0.717, 1.165) is 5.69 Å². The van der Waals surface area contributed by atoms with Crippen molar-refractivity contribution >= 4 is 29.7 Å². The first kappa shape index (κ1) is 41.4. The molecule has 5 N–H and O–H groups in total. The predicted molar refractivity (Wildman–Crippen MR) is 216 cm³/mol. The normalized spacial score (nSPS) is 17.1. The van der Waals surface area contributed by atoms with Crippen molar-refractivity contribution in [2.45, 2.75) is 62.7 Å². The molecule has 7 rings (SSSR count). The van der Waals surface area contributed by atoms with Crippen LogP contribution in [0.1, 0.15) is 91.2 Å². The number of carbonyl (C=O) groups excluding carboxylic acids is 4. The number of rotatable bonds is 12. The summed E-state index contributed by atoms with van der Waals surface area (Å²) in [6, 6.07) is 17.3. The van der Waals surface area contributed by atoms with Crippen LogP contribution in [-0.4, -0.2) is 82.7 Å². The van der Waals surface area contributed by atoms with Crippen LogP contribution >= 0.6 is 0 Å². The van der Waals surface area contributed by atoms with Crippen LogP contribution in [0.5, 0.6) is 0 Å². The lowest BCUT2D eigenvalue weighted by Gasteiger charge is -2.33. The minimum Gasteiger partial charge on any atom is -0.453 e. The largest absolute Gasteiger partial charge is 0.453 e. The number of piperidine rings is 1. The average Bonchev–Trinajstić information content (AvgIpc) is 4.07. The molecule has 5 aromatic rings. The fourth-order valence-electron chi connectivity index (χ4n) is 7.95. The number of aromatic nitrogens is 4. The lowest BCUT2D eigenvalue weighted by molar-refractivity contribution is -0.134. The van der Waals surface area contributed by atoms with Gasteiger partial charge >= 0.3 is 12.2 Å². The maximum Gasteiger partial charge on any atom is 0.407 e. The Bertz CT molecular complexity index is 2270. The summed E-state index contributed by atoms with van der Waals surface area (Å²) in [7, 11) is 2.46. The summed E-state index contributed by atoms with van der Waals surface area (Å²) in [6.07, 6.45) is 4.25. The van der Waals surface area contributed by atoms with Gasteiger partial charge < -0.3 is 45.2 Å². The third-order valence-electron chi connectivity index (χ3n) is 11.1. The Balaban J connectivity index is 0.978. The van der Waals surface area contributed by atoms with Crippen LogP contribution in [0, 0.1) is 11.6 Å². The molecule has 0 bridgehead atoms. The van der Waals surface area contributed by atoms with Gasteiger partial charge in [0.1, 0.15) is 41.1 Å². The molecule has 0 saturated carbocycles. The van der Waals surface area contributed by atoms with Gasteiger partial charge in [0.15, 0.2) is 0 Å². The van der Waals surface area contributed by atoms with E-state index in [-0.39, 0.29) is 23.1 Å². The molecule has 15 nitrogen and oxygen atoms in total. The van der Waals surface area contributed by atoms with E-state index in [4.69, 9.17) is 9.47 Å². The summed E-state index contributed by atoms with van der Waals surface area (Å²) >= 11 is 0. The third-order valence-corrected chi connectivity index (χ3v) is 11.1. The zero-order valence-electron chi connectivity index (χ0n) is 33.4. The molecule has 2 fully saturated rings. The number of likely N-dealkylation sites (tertiary alicyclic amines) is 1. The molecule has 17 heteroatoms. The Morgan fingerprint density at radius 1 is 0.767 bits per heavy atom. The second-order valence-electron chi connectivity index (χ2n) is 14.8. The number of benzene rings is 3. The van der Waals surface area contributed by atoms with Crippen LogP contribution in [0.15, 0.2) is 85.2 Å². The Morgan fingerprint density at radius 3 is 1.98 bits per heavy atom. The van der Waals surface area contributed by atoms with E-state index < -0.39 is 53.9 Å². The van der Waals surface area contributed by atoms with Crippen LogP contribution < -0.4 is 20.9 Å². The molecule has 60 heavy (non-hydrogen) atoms. The monoisotopic (exact) mass is 823 g/mol. The number of amides is 4. The highest BCUT2D eigenvalue weighted by Crippen LogP contribution is 2.37. The molecule has 0 spiro atoms. The maximum absolute atomic E-state index is 15.8. The van der Waals surface area contributed by atoms with Crippen molar-refractivity contribution in [1.82, 2.24) is 40.8 Å². The summed E-state index contributed by atoms with van der Waals surface area (Å²) in [6.45, 7) is 3.00. The number of hydrogen-bond acceptors (Lipinski definition) is 9. The number of halogens is 2. The molecular weight excluding hydrogens is 777 g/mol. The van der Waals surface area contributed by atoms with E-state index >= 15 is 8.78 Å². The van der Waals surface area contributed by atoms with Gasteiger partial charge in [0.25, 0.3) is 5.91 Å². The van der Waals surface area contributed by atoms with Crippen molar-refractivity contribution in [2.75, 3.05) is 38.8 Å². The second kappa shape index (κ2) is 18.4. The van der Waals surface area contributed by atoms with Crippen LogP contribution in [0.25, 0.3) is 11.3 Å². The number of ether oxygens (including phenoxy) is 2. The molecular formula is C43H47F2N9O6. The van der Waals surface area contributed by atoms with Gasteiger partial charge in [-0.3, -0.25) is 9.59 Å². The number of alkyl carbamates (subject to hydrolysis) is 2. The van der Waals surface area contributed by atoms with Crippen LogP contribution in [-0.2, 0) is 19.1 Å². The Morgan fingerprint density at radius 2 is 1.37 bits per heavy atom. The molecule has 4 heterocycles. The average molecular weight is 824 g/mol. The van der Waals surface area contributed by atoms with Crippen LogP contribution in [0.4, 0.5) is 24.1 Å². The summed E-state index contributed by atoms with van der Waals surface area (Å²) in [5.74, 6) is -1.14. The molecule has 2 aliphatic rings. The van der Waals surface area contributed by atoms with Crippen molar-refractivity contribution in [3.05, 3.63) is 125 Å². The van der Waals surface area contributed by atoms with Gasteiger partial charge in [-0.05, 0) is 55.9 Å². The Hall–Kier alpha value is -6.78. The molecule has 314 valence electrons. The maximum atomic E-state index is 15.8. The van der Waals surface area contributed by atoms with Crippen molar-refractivity contribution in [2.24, 2.45) is 0 Å². The molecule has 2 saturated heterocycles. The van der Waals surface area contributed by atoms with Crippen molar-refractivity contribution < 1.29 is 37.4 Å². The first-order valence-electron chi connectivity index (χ1n) is 19.8. The zero-order valence-corrected chi connectivity index (χ0v) is 33.4. The highest BCUT2D eigenvalue weighted by atomic mass is 19.1. The summed E-state index contributed by atoms with van der Waals surface area (Å²) in [5.41, 5.74) is 2.60. The second-order valence-corrected chi connectivity index (χ2v) is 14.8. The summed E-state index contributed by atoms with van der Waals surface area (Å²) in [5, 5.41) is 8.12. The number of carbonyl (C=O) groups is 4. The minimum absolute atomic E-state index is 0.0403. The van der Waals surface area contributed by atoms with Crippen LogP contribution in [0.2, 0.25) is 0 Å². The fraction of sp³-hybridized carbons (Fsp3) is 0.349. The molecule has 4 atom stereocenters. The number of anilines is 1. The number of hydrogen-bond donors (Lipinski definition) is 5. The number of H-pyrrole nitrogens is 2. The molecule has 0 aliphatic carbocycles. The quantitative estimate of drug-likeness (QED) is 0.0937. The molecule has 0 radical (unpaired) electrons. The molecule has 2 aromatic heterocycles. The number of nitrogens with zero attached hydrogens (tertiary/aromatic N) is 4. The minimum atomic E-state index is -0.982. The molecule has 2 aliphatic heterocycles. The number of nitrogens with one attached hydrogen (secondary N) is 5. The van der Waals surface area contributed by atoms with Gasteiger partial charge in [0.05, 0.1) is 38.2 Å². The molecule has 4 unspecified atom stereocenters. The van der Waals surface area contributed by atoms with E-state index in [2.05, 4.69) is 35.9 Å². The van der Waals surface area contributed by atoms with Crippen molar-refractivity contribution in [3.63, 3.8) is 0 Å². The number of imidazole rings is 2. The fourth-order valence-corrected chi connectivity index (χ4v) is 7.95. The highest BCUT2D eigenvalue weighted by Gasteiger charge is 2.37. The number of aromatic amines is 2. The highest BCUT2D eigenvalue weighted by molar-refractivity contribution is 5.88. The van der Waals surface area contributed by atoms with Crippen molar-refractivity contribution in [3.8, 4) is 11.3 Å². The van der Waals surface area contributed by atoms with Crippen molar-refractivity contribution in [1.29, 1.82) is 0 Å². The van der Waals surface area contributed by atoms with Gasteiger partial charge in [-0.2, -0.15) is 0 Å². The topological polar surface area (TPSA) is 187 Å².